The number of nitrogens with zero attached hydrogens (tertiary/aromatic N) is 5. The van der Waals surface area contributed by atoms with Crippen molar-refractivity contribution in [2.75, 3.05) is 40.9 Å². The Kier molecular flexibility index (Phi) is 27.8. The fraction of sp³-hybridized carbons (Fsp3) is 0. The average Bonchev–Trinajstić information content (AvgIpc) is 1.66. The number of hydrogen-bond acceptors (Lipinski definition) is 10. The van der Waals surface area contributed by atoms with Gasteiger partial charge in [0.05, 0.1) is 23.3 Å². The van der Waals surface area contributed by atoms with Crippen LogP contribution in [0.5, 0.6) is 0 Å². The second-order valence-electron chi connectivity index (χ2n) is 33.4. The molecule has 0 unspecified atom stereocenters. The summed E-state index contributed by atoms with van der Waals surface area (Å²) >= 11 is 1.85. The zero-order valence-corrected chi connectivity index (χ0v) is 77.3. The van der Waals surface area contributed by atoms with E-state index in [0.29, 0.717) is 0 Å². The molecule has 9 nitrogen and oxygen atoms in total. The number of anilines is 20. The van der Waals surface area contributed by atoms with E-state index in [0.717, 1.165) is 114 Å². The number of hydrogen-bond donors (Lipinski definition) is 4. The summed E-state index contributed by atoms with van der Waals surface area (Å²) < 4.78 is 2.63. The number of pyridine rings is 1. The van der Waals surface area contributed by atoms with Gasteiger partial charge in [0.25, 0.3) is 0 Å². The predicted molar refractivity (Wildman–Crippen MR) is 593 cm³/mol. The van der Waals surface area contributed by atoms with E-state index in [1.807, 2.05) is 78.2 Å². The van der Waals surface area contributed by atoms with Crippen LogP contribution in [0.1, 0.15) is 0 Å². The van der Waals surface area contributed by atoms with Crippen molar-refractivity contribution in [1.82, 2.24) is 4.98 Å². The van der Waals surface area contributed by atoms with Gasteiger partial charge in [-0.1, -0.05) is 334 Å². The van der Waals surface area contributed by atoms with Crippen LogP contribution in [0.3, 0.4) is 0 Å². The molecule has 0 saturated carbocycles. The third kappa shape index (κ3) is 21.8. The maximum absolute atomic E-state index is 4.37. The Morgan fingerprint density at radius 2 is 0.468 bits per heavy atom. The fourth-order valence-electron chi connectivity index (χ4n) is 17.5. The molecule has 2 aromatic heterocycles. The summed E-state index contributed by atoms with van der Waals surface area (Å²) in [4.78, 5) is 13.5. The van der Waals surface area contributed by atoms with E-state index < -0.39 is 0 Å². The average molecular weight is 1810 g/mol. The number of thiophene rings is 1. The van der Waals surface area contributed by atoms with E-state index in [9.17, 15) is 0 Å². The van der Waals surface area contributed by atoms with Gasteiger partial charge in [-0.3, -0.25) is 4.98 Å². The van der Waals surface area contributed by atoms with Gasteiger partial charge in [0, 0.05) is 128 Å². The van der Waals surface area contributed by atoms with Crippen LogP contribution >= 0.6 is 11.3 Å². The van der Waals surface area contributed by atoms with Gasteiger partial charge in [-0.05, 0) is 280 Å². The van der Waals surface area contributed by atoms with E-state index in [-0.39, 0.29) is 0 Å². The van der Waals surface area contributed by atoms with Gasteiger partial charge in [0.1, 0.15) is 0 Å². The Labute approximate surface area is 817 Å². The topological polar surface area (TPSA) is 74.0 Å². The second kappa shape index (κ2) is 43.6. The molecule has 23 rings (SSSR count). The third-order valence-electron chi connectivity index (χ3n) is 24.2. The quantitative estimate of drug-likeness (QED) is 0.0473. The Morgan fingerprint density at radius 1 is 0.165 bits per heavy atom. The third-order valence-corrected chi connectivity index (χ3v) is 25.3. The predicted octanol–water partition coefficient (Wildman–Crippen LogP) is 37.2. The molecule has 21 aromatic carbocycles. The van der Waals surface area contributed by atoms with Crippen LogP contribution in [0, 0.1) is 0 Å². The van der Waals surface area contributed by atoms with Crippen molar-refractivity contribution in [3.63, 3.8) is 0 Å². The van der Waals surface area contributed by atoms with E-state index in [1.54, 1.807) is 6.20 Å². The van der Waals surface area contributed by atoms with E-state index in [1.165, 1.54) is 75.5 Å². The standard InChI is InChI=1S/C36H28N2.C34H26N2.C30H22N2S.C29H23N3/c1-4-11-28(12-5-1)30-19-23-34(24-20-30)38(36-18-10-15-31(27-36)29-13-6-2-7-14-29)35-25-21-33(22-26-35)37-32-16-8-3-9-17-32;1-3-10-26(11-4-1)27-18-22-31(23-19-27)36(30-14-5-2-6-15-30)32-24-20-29(21-25-32)35-34-17-9-13-28-12-7-8-16-33(28)34;1-3-11-22(12-4-1)31-27-16-8-9-17-28(27)32(23-13-5-2-6-14-23)24-19-20-30-26(21-24)25-15-7-10-18-29(25)33-30;1-3-10-23(11-4-1)24-12-7-16-27(20-24)32(29-18-9-19-30-22-29)28-17-8-15-26(21-28)31-25-13-5-2-6-14-25/h1-27,37H;1-25,35H;1-21,31H;1-22,31H. The monoisotopic (exact) mass is 1810 g/mol. The summed E-state index contributed by atoms with van der Waals surface area (Å²) in [5.74, 6) is 0. The lowest BCUT2D eigenvalue weighted by atomic mass is 10.0. The molecule has 0 atom stereocenters. The minimum absolute atomic E-state index is 1.01. The zero-order valence-electron chi connectivity index (χ0n) is 76.5. The largest absolute Gasteiger partial charge is 0.356 e. The maximum Gasteiger partial charge on any atom is 0.0696 e. The molecule has 0 spiro atoms. The lowest BCUT2D eigenvalue weighted by Gasteiger charge is -2.28. The number of benzene rings is 21. The summed E-state index contributed by atoms with van der Waals surface area (Å²) in [6.45, 7) is 0. The highest BCUT2D eigenvalue weighted by molar-refractivity contribution is 7.25. The minimum Gasteiger partial charge on any atom is -0.356 e. The van der Waals surface area contributed by atoms with Crippen molar-refractivity contribution in [2.45, 2.75) is 0 Å². The van der Waals surface area contributed by atoms with Crippen molar-refractivity contribution in [1.29, 1.82) is 0 Å². The van der Waals surface area contributed by atoms with Crippen molar-refractivity contribution < 1.29 is 0 Å². The number of fused-ring (bicyclic) bond motifs is 4. The molecular formula is C129H99N9S. The van der Waals surface area contributed by atoms with Crippen molar-refractivity contribution >= 4 is 156 Å². The molecule has 0 amide bonds. The number of rotatable bonds is 24. The van der Waals surface area contributed by atoms with Crippen molar-refractivity contribution in [3.8, 4) is 44.5 Å². The number of aromatic nitrogens is 1. The first-order valence-corrected chi connectivity index (χ1v) is 47.6. The number of nitrogens with one attached hydrogen (secondary N) is 4. The van der Waals surface area contributed by atoms with Crippen LogP contribution in [-0.4, -0.2) is 4.98 Å². The molecule has 4 N–H and O–H groups in total. The van der Waals surface area contributed by atoms with Crippen molar-refractivity contribution in [2.24, 2.45) is 0 Å². The van der Waals surface area contributed by atoms with Gasteiger partial charge in [-0.2, -0.15) is 0 Å². The van der Waals surface area contributed by atoms with E-state index in [4.69, 9.17) is 0 Å². The molecule has 0 fully saturated rings. The van der Waals surface area contributed by atoms with Gasteiger partial charge in [0.15, 0.2) is 0 Å². The Balaban J connectivity index is 0.000000114. The van der Waals surface area contributed by atoms with Crippen LogP contribution in [0.15, 0.2) is 577 Å². The van der Waals surface area contributed by atoms with Crippen LogP contribution in [0.4, 0.5) is 114 Å². The summed E-state index contributed by atoms with van der Waals surface area (Å²) in [7, 11) is 0. The Bertz CT molecular complexity index is 7870. The first kappa shape index (κ1) is 88.6. The molecule has 0 bridgehead atoms. The molecule has 666 valence electrons. The first-order chi connectivity index (χ1) is 68.9. The van der Waals surface area contributed by atoms with E-state index >= 15 is 0 Å². The van der Waals surface area contributed by atoms with Gasteiger partial charge < -0.3 is 40.9 Å². The van der Waals surface area contributed by atoms with Gasteiger partial charge >= 0.3 is 0 Å². The molecule has 139 heavy (non-hydrogen) atoms. The molecule has 10 heteroatoms. The highest BCUT2D eigenvalue weighted by Crippen LogP contribution is 2.46. The molecule has 0 aliphatic carbocycles. The second-order valence-corrected chi connectivity index (χ2v) is 34.5. The highest BCUT2D eigenvalue weighted by Gasteiger charge is 2.22. The molecular weight excluding hydrogens is 1710 g/mol. The van der Waals surface area contributed by atoms with Gasteiger partial charge in [0.2, 0.25) is 0 Å². The molecule has 23 aromatic rings. The lowest BCUT2D eigenvalue weighted by molar-refractivity contribution is 1.23. The molecule has 2 heterocycles. The van der Waals surface area contributed by atoms with Crippen LogP contribution in [0.2, 0.25) is 0 Å². The summed E-state index contributed by atoms with van der Waals surface area (Å²) in [5, 5.41) is 19.2. The first-order valence-electron chi connectivity index (χ1n) is 46.8. The fourth-order valence-corrected chi connectivity index (χ4v) is 18.6. The summed E-state index contributed by atoms with van der Waals surface area (Å²) in [6, 6.07) is 197. The number of para-hydroxylation sites is 7. The Hall–Kier alpha value is -18.4. The maximum atomic E-state index is 4.37. The van der Waals surface area contributed by atoms with Crippen LogP contribution in [0.25, 0.3) is 75.5 Å². The van der Waals surface area contributed by atoms with Gasteiger partial charge in [-0.15, -0.1) is 11.3 Å². The lowest BCUT2D eigenvalue weighted by Crippen LogP contribution is -2.11. The normalized spacial score (nSPS) is 10.7. The smallest absolute Gasteiger partial charge is 0.0696 e. The van der Waals surface area contributed by atoms with Crippen molar-refractivity contribution in [3.05, 3.63) is 577 Å². The SMILES string of the molecule is c1ccc(-c2ccc(N(c3ccccc3)c3ccc(Nc4cccc5ccccc45)cc3)cc2)cc1.c1ccc(Nc2ccc(N(c3ccc(-c4ccccc4)cc3)c3cccc(-c4ccccc4)c3)cc2)cc1.c1ccc(Nc2cccc(N(c3cccnc3)c3cccc(-c4ccccc4)c3)c2)cc1.c1ccc(Nc2ccccc2N(c2ccccc2)c2ccc3sc4ccccc4c3c2)cc1. The minimum atomic E-state index is 1.01. The highest BCUT2D eigenvalue weighted by atomic mass is 32.1. The molecule has 0 aliphatic rings. The van der Waals surface area contributed by atoms with Gasteiger partial charge in [-0.25, -0.2) is 0 Å². The van der Waals surface area contributed by atoms with E-state index in [2.05, 4.69) is 549 Å². The molecule has 0 radical (unpaired) electrons. The zero-order chi connectivity index (χ0) is 93.4. The van der Waals surface area contributed by atoms with Crippen LogP contribution < -0.4 is 40.9 Å². The van der Waals surface area contributed by atoms with Crippen LogP contribution in [-0.2, 0) is 0 Å². The molecule has 0 aliphatic heterocycles. The Morgan fingerprint density at radius 3 is 0.986 bits per heavy atom. The summed E-state index contributed by atoms with van der Waals surface area (Å²) in [5.41, 5.74) is 31.3. The summed E-state index contributed by atoms with van der Waals surface area (Å²) in [6.07, 6.45) is 3.70. The molecule has 0 saturated heterocycles.